The van der Waals surface area contributed by atoms with E-state index in [1.807, 2.05) is 18.7 Å². The highest BCUT2D eigenvalue weighted by Gasteiger charge is 2.32. The standard InChI is InChI=1S/C36H43N5O8/c1-4-48-36(47)40-16-14-39(15-17-40)35(46)28(11-12-33(43)44)38-34(45)29-21-31(26-8-5-6-9-27(26)37-29)49-22-32(42)41-13-7-10-30(41)25-19-23(2)18-24(3)20-25/h5-6,8-9,18-21,28,30H,4,7,10-17,22H2,1-3H3,(H,38,45)(H,43,44)/t28-,30?/m0/s1. The van der Waals surface area contributed by atoms with Crippen LogP contribution in [-0.2, 0) is 19.1 Å². The van der Waals surface area contributed by atoms with Gasteiger partial charge in [-0.3, -0.25) is 19.2 Å². The number of ether oxygens (including phenoxy) is 2. The van der Waals surface area contributed by atoms with Gasteiger partial charge < -0.3 is 34.6 Å². The van der Waals surface area contributed by atoms with E-state index in [9.17, 15) is 29.1 Å². The van der Waals surface area contributed by atoms with Crippen LogP contribution in [0.5, 0.6) is 5.75 Å². The predicted octanol–water partition coefficient (Wildman–Crippen LogP) is 3.86. The molecule has 2 fully saturated rings. The summed E-state index contributed by atoms with van der Waals surface area (Å²) in [5.41, 5.74) is 3.79. The van der Waals surface area contributed by atoms with Gasteiger partial charge in [-0.2, -0.15) is 0 Å². The Morgan fingerprint density at radius 3 is 2.35 bits per heavy atom. The number of piperazine rings is 1. The molecule has 2 N–H and O–H groups in total. The average Bonchev–Trinajstić information content (AvgIpc) is 3.58. The summed E-state index contributed by atoms with van der Waals surface area (Å²) in [6.45, 7) is 7.32. The maximum atomic E-state index is 13.6. The fraction of sp³-hybridized carbons (Fsp3) is 0.444. The molecule has 13 nitrogen and oxygen atoms in total. The summed E-state index contributed by atoms with van der Waals surface area (Å²) in [5, 5.41) is 12.6. The average molecular weight is 674 g/mol. The minimum Gasteiger partial charge on any atom is -0.483 e. The number of hydrogen-bond donors (Lipinski definition) is 2. The van der Waals surface area contributed by atoms with Crippen LogP contribution in [0.3, 0.4) is 0 Å². The van der Waals surface area contributed by atoms with Gasteiger partial charge in [-0.1, -0.05) is 41.5 Å². The summed E-state index contributed by atoms with van der Waals surface area (Å²) in [6, 6.07) is 13.7. The number of amides is 4. The fourth-order valence-corrected chi connectivity index (χ4v) is 6.52. The molecular formula is C36H43N5O8. The van der Waals surface area contributed by atoms with Gasteiger partial charge in [-0.05, 0) is 57.7 Å². The lowest BCUT2D eigenvalue weighted by molar-refractivity contribution is -0.138. The number of nitrogens with zero attached hydrogens (tertiary/aromatic N) is 4. The largest absolute Gasteiger partial charge is 0.483 e. The van der Waals surface area contributed by atoms with Crippen LogP contribution in [0, 0.1) is 13.8 Å². The van der Waals surface area contributed by atoms with Crippen LogP contribution in [0.15, 0.2) is 48.5 Å². The Balaban J connectivity index is 1.30. The highest BCUT2D eigenvalue weighted by Crippen LogP contribution is 2.33. The summed E-state index contributed by atoms with van der Waals surface area (Å²) in [7, 11) is 0. The first-order valence-corrected chi connectivity index (χ1v) is 16.7. The lowest BCUT2D eigenvalue weighted by atomic mass is 9.99. The first-order valence-electron chi connectivity index (χ1n) is 16.7. The summed E-state index contributed by atoms with van der Waals surface area (Å²) in [4.78, 5) is 73.5. The van der Waals surface area contributed by atoms with Crippen molar-refractivity contribution >= 4 is 40.7 Å². The highest BCUT2D eigenvalue weighted by molar-refractivity contribution is 5.99. The van der Waals surface area contributed by atoms with Gasteiger partial charge >= 0.3 is 12.1 Å². The summed E-state index contributed by atoms with van der Waals surface area (Å²) >= 11 is 0. The van der Waals surface area contributed by atoms with E-state index in [2.05, 4.69) is 28.5 Å². The molecule has 2 aliphatic rings. The van der Waals surface area contributed by atoms with E-state index in [-0.39, 0.29) is 75.6 Å². The molecule has 0 aliphatic carbocycles. The van der Waals surface area contributed by atoms with Crippen molar-refractivity contribution in [3.63, 3.8) is 0 Å². The van der Waals surface area contributed by atoms with E-state index in [0.29, 0.717) is 17.4 Å². The van der Waals surface area contributed by atoms with Crippen LogP contribution in [0.4, 0.5) is 4.79 Å². The number of likely N-dealkylation sites (tertiary alicyclic amines) is 1. The molecule has 1 unspecified atom stereocenters. The van der Waals surface area contributed by atoms with Crippen molar-refractivity contribution in [3.05, 3.63) is 70.9 Å². The molecular weight excluding hydrogens is 630 g/mol. The maximum absolute atomic E-state index is 13.6. The summed E-state index contributed by atoms with van der Waals surface area (Å²) in [5.74, 6) is -2.14. The van der Waals surface area contributed by atoms with E-state index in [1.165, 1.54) is 15.9 Å². The molecule has 0 spiro atoms. The Bertz CT molecular complexity index is 1700. The number of fused-ring (bicyclic) bond motifs is 1. The molecule has 2 aromatic carbocycles. The lowest BCUT2D eigenvalue weighted by Gasteiger charge is -2.35. The molecule has 49 heavy (non-hydrogen) atoms. The second kappa shape index (κ2) is 15.8. The Morgan fingerprint density at radius 1 is 0.959 bits per heavy atom. The van der Waals surface area contributed by atoms with Gasteiger partial charge in [0.1, 0.15) is 17.5 Å². The van der Waals surface area contributed by atoms with Crippen molar-refractivity contribution < 1.29 is 38.6 Å². The molecule has 0 bridgehead atoms. The molecule has 260 valence electrons. The van der Waals surface area contributed by atoms with Gasteiger partial charge in [-0.15, -0.1) is 0 Å². The number of nitrogens with one attached hydrogen (secondary N) is 1. The highest BCUT2D eigenvalue weighted by atomic mass is 16.6. The zero-order chi connectivity index (χ0) is 35.1. The van der Waals surface area contributed by atoms with E-state index in [4.69, 9.17) is 9.47 Å². The number of aryl methyl sites for hydroxylation is 2. The second-order valence-corrected chi connectivity index (χ2v) is 12.4. The fourth-order valence-electron chi connectivity index (χ4n) is 6.52. The third-order valence-electron chi connectivity index (χ3n) is 8.83. The number of carbonyl (C=O) groups excluding carboxylic acids is 4. The lowest BCUT2D eigenvalue weighted by Crippen LogP contribution is -2.56. The van der Waals surface area contributed by atoms with Gasteiger partial charge in [0.15, 0.2) is 6.61 Å². The Hall–Kier alpha value is -5.20. The van der Waals surface area contributed by atoms with Gasteiger partial charge in [-0.25, -0.2) is 9.78 Å². The van der Waals surface area contributed by atoms with E-state index < -0.39 is 29.9 Å². The molecule has 1 aromatic heterocycles. The molecule has 3 heterocycles. The number of benzene rings is 2. The number of carbonyl (C=O) groups is 5. The number of carboxylic acid groups (broad SMARTS) is 1. The van der Waals surface area contributed by atoms with Crippen LogP contribution in [-0.4, -0.2) is 107 Å². The van der Waals surface area contributed by atoms with Crippen molar-refractivity contribution in [3.8, 4) is 5.75 Å². The minimum atomic E-state index is -1.14. The van der Waals surface area contributed by atoms with Crippen LogP contribution < -0.4 is 10.1 Å². The topological polar surface area (TPSA) is 159 Å². The zero-order valence-corrected chi connectivity index (χ0v) is 28.1. The molecule has 2 atom stereocenters. The quantitative estimate of drug-likeness (QED) is 0.308. The second-order valence-electron chi connectivity index (χ2n) is 12.4. The van der Waals surface area contributed by atoms with Gasteiger partial charge in [0.05, 0.1) is 18.2 Å². The monoisotopic (exact) mass is 673 g/mol. The van der Waals surface area contributed by atoms with Gasteiger partial charge in [0, 0.05) is 50.6 Å². The maximum Gasteiger partial charge on any atom is 0.409 e. The van der Waals surface area contributed by atoms with E-state index in [0.717, 1.165) is 29.5 Å². The first kappa shape index (κ1) is 35.1. The molecule has 3 aromatic rings. The first-order chi connectivity index (χ1) is 23.5. The molecule has 2 aliphatic heterocycles. The number of hydrogen-bond acceptors (Lipinski definition) is 8. The Kier molecular flexibility index (Phi) is 11.3. The molecule has 0 saturated carbocycles. The van der Waals surface area contributed by atoms with Crippen LogP contribution in [0.1, 0.15) is 65.8 Å². The normalized spacial score (nSPS) is 16.7. The van der Waals surface area contributed by atoms with Crippen LogP contribution in [0.25, 0.3) is 10.9 Å². The number of aliphatic carboxylic acids is 1. The SMILES string of the molecule is CCOC(=O)N1CCN(C(=O)[C@H](CCC(=O)O)NC(=O)c2cc(OCC(=O)N3CCCC3c3cc(C)cc(C)c3)c3ccccc3n2)CC1. The molecule has 2 saturated heterocycles. The molecule has 5 rings (SSSR count). The third kappa shape index (κ3) is 8.64. The van der Waals surface area contributed by atoms with Crippen molar-refractivity contribution in [1.82, 2.24) is 25.0 Å². The third-order valence-corrected chi connectivity index (χ3v) is 8.83. The minimum absolute atomic E-state index is 0.0429. The van der Waals surface area contributed by atoms with Crippen LogP contribution >= 0.6 is 0 Å². The number of pyridine rings is 1. The Labute approximate surface area is 285 Å². The van der Waals surface area contributed by atoms with Crippen molar-refractivity contribution in [2.45, 2.75) is 58.5 Å². The molecule has 13 heteroatoms. The number of para-hydroxylation sites is 1. The number of rotatable bonds is 11. The van der Waals surface area contributed by atoms with Crippen molar-refractivity contribution in [1.29, 1.82) is 0 Å². The zero-order valence-electron chi connectivity index (χ0n) is 28.1. The number of carboxylic acids is 1. The van der Waals surface area contributed by atoms with Gasteiger partial charge in [0.25, 0.3) is 11.8 Å². The molecule has 4 amide bonds. The number of aromatic nitrogens is 1. The summed E-state index contributed by atoms with van der Waals surface area (Å²) in [6.07, 6.45) is 0.796. The predicted molar refractivity (Wildman–Crippen MR) is 180 cm³/mol. The summed E-state index contributed by atoms with van der Waals surface area (Å²) < 4.78 is 11.1. The smallest absolute Gasteiger partial charge is 0.409 e. The van der Waals surface area contributed by atoms with Crippen molar-refractivity contribution in [2.75, 3.05) is 45.9 Å². The van der Waals surface area contributed by atoms with Crippen molar-refractivity contribution in [2.24, 2.45) is 0 Å². The van der Waals surface area contributed by atoms with Crippen LogP contribution in [0.2, 0.25) is 0 Å². The van der Waals surface area contributed by atoms with E-state index >= 15 is 0 Å². The Morgan fingerprint density at radius 2 is 1.65 bits per heavy atom. The van der Waals surface area contributed by atoms with Gasteiger partial charge in [0.2, 0.25) is 5.91 Å². The van der Waals surface area contributed by atoms with E-state index in [1.54, 1.807) is 31.2 Å². The molecule has 0 radical (unpaired) electrons.